The highest BCUT2D eigenvalue weighted by Gasteiger charge is 2.39. The third-order valence-corrected chi connectivity index (χ3v) is 17.8. The molecule has 8 heteroatoms. The monoisotopic (exact) mass is 651 g/mol. The lowest BCUT2D eigenvalue weighted by Crippen LogP contribution is -2.43. The summed E-state index contributed by atoms with van der Waals surface area (Å²) in [5.74, 6) is 1.94. The number of rotatable bonds is 10. The molecule has 0 bridgehead atoms. The van der Waals surface area contributed by atoms with Crippen molar-refractivity contribution in [3.8, 4) is 22.8 Å². The highest BCUT2D eigenvalue weighted by Crippen LogP contribution is 2.38. The molecule has 0 unspecified atom stereocenters. The van der Waals surface area contributed by atoms with Gasteiger partial charge in [0.25, 0.3) is 0 Å². The Balaban J connectivity index is 1.53. The van der Waals surface area contributed by atoms with E-state index in [0.29, 0.717) is 17.2 Å². The third kappa shape index (κ3) is 9.04. The zero-order valence-corrected chi connectivity index (χ0v) is 31.1. The van der Waals surface area contributed by atoms with Crippen LogP contribution in [0.2, 0.25) is 36.3 Å². The van der Waals surface area contributed by atoms with Crippen LogP contribution < -0.4 is 14.2 Å². The summed E-state index contributed by atoms with van der Waals surface area (Å²) < 4.78 is 12.9. The van der Waals surface area contributed by atoms with Gasteiger partial charge in [0.05, 0.1) is 18.3 Å². The van der Waals surface area contributed by atoms with Crippen LogP contribution in [-0.4, -0.2) is 32.5 Å². The molecule has 0 saturated heterocycles. The lowest BCUT2D eigenvalue weighted by molar-refractivity contribution is -0.115. The van der Waals surface area contributed by atoms with Crippen molar-refractivity contribution in [2.75, 3.05) is 5.32 Å². The molecule has 46 heavy (non-hydrogen) atoms. The van der Waals surface area contributed by atoms with Crippen molar-refractivity contribution in [2.24, 2.45) is 0 Å². The van der Waals surface area contributed by atoms with Gasteiger partial charge in [-0.1, -0.05) is 90.1 Å². The number of aromatic nitrogens is 2. The van der Waals surface area contributed by atoms with Crippen LogP contribution in [0.25, 0.3) is 23.4 Å². The molecule has 0 aliphatic carbocycles. The summed E-state index contributed by atoms with van der Waals surface area (Å²) in [5.41, 5.74) is 4.13. The second-order valence-corrected chi connectivity index (χ2v) is 24.3. The highest BCUT2D eigenvalue weighted by atomic mass is 28.4. The van der Waals surface area contributed by atoms with Crippen LogP contribution in [0.5, 0.6) is 11.5 Å². The van der Waals surface area contributed by atoms with E-state index in [9.17, 15) is 4.79 Å². The normalized spacial score (nSPS) is 12.7. The van der Waals surface area contributed by atoms with Gasteiger partial charge in [-0.05, 0) is 89.9 Å². The van der Waals surface area contributed by atoms with Crippen LogP contribution in [0.1, 0.15) is 58.4 Å². The van der Waals surface area contributed by atoms with Gasteiger partial charge in [0.2, 0.25) is 22.5 Å². The number of anilines is 1. The van der Waals surface area contributed by atoms with E-state index in [2.05, 4.69) is 78.0 Å². The van der Waals surface area contributed by atoms with Gasteiger partial charge in [-0.25, -0.2) is 9.97 Å². The summed E-state index contributed by atoms with van der Waals surface area (Å²) in [6.07, 6.45) is 5.78. The Morgan fingerprint density at radius 2 is 1.26 bits per heavy atom. The van der Waals surface area contributed by atoms with E-state index in [1.807, 2.05) is 91.0 Å². The lowest BCUT2D eigenvalue weighted by Gasteiger charge is -2.36. The molecule has 3 aromatic carbocycles. The molecule has 0 spiro atoms. The van der Waals surface area contributed by atoms with Gasteiger partial charge < -0.3 is 14.2 Å². The largest absolute Gasteiger partial charge is 0.544 e. The topological polar surface area (TPSA) is 73.3 Å². The van der Waals surface area contributed by atoms with E-state index in [4.69, 9.17) is 13.8 Å². The number of hydrogen-bond donors (Lipinski definition) is 1. The number of nitrogens with zero attached hydrogens (tertiary/aromatic N) is 2. The fraction of sp³-hybridized carbons (Fsp3) is 0.342. The molecule has 0 radical (unpaired) electrons. The number of carbonyl (C=O) groups excluding carboxylic acids is 1. The lowest BCUT2D eigenvalue weighted by atomic mass is 10.1. The van der Waals surface area contributed by atoms with E-state index < -0.39 is 16.6 Å². The van der Waals surface area contributed by atoms with Crippen LogP contribution in [0.15, 0.2) is 85.1 Å². The molecule has 242 valence electrons. The SMILES string of the molecule is CC(C)(C)[Si](C)(C)Oc1ccc(CC(=O)Nc2ncc(-c3ccc(O[Si](C)(C)C(C)(C)C)cc3)nc2/C=C/c2ccccc2)cc1. The van der Waals surface area contributed by atoms with E-state index in [0.717, 1.165) is 28.2 Å². The van der Waals surface area contributed by atoms with Crippen LogP contribution >= 0.6 is 0 Å². The van der Waals surface area contributed by atoms with E-state index in [1.165, 1.54) is 0 Å². The molecular formula is C38H49N3O3Si2. The molecule has 0 aliphatic heterocycles. The molecule has 4 rings (SSSR count). The first-order valence-electron chi connectivity index (χ1n) is 15.9. The summed E-state index contributed by atoms with van der Waals surface area (Å²) >= 11 is 0. The van der Waals surface area contributed by atoms with Crippen molar-refractivity contribution in [2.45, 2.75) is 84.2 Å². The first-order chi connectivity index (χ1) is 21.4. The smallest absolute Gasteiger partial charge is 0.250 e. The minimum atomic E-state index is -1.95. The molecule has 1 heterocycles. The van der Waals surface area contributed by atoms with Gasteiger partial charge in [-0.3, -0.25) is 4.79 Å². The van der Waals surface area contributed by atoms with Crippen molar-refractivity contribution in [3.05, 3.63) is 102 Å². The molecule has 0 fully saturated rings. The molecule has 1 N–H and O–H groups in total. The molecular weight excluding hydrogens is 603 g/mol. The highest BCUT2D eigenvalue weighted by molar-refractivity contribution is 6.75. The van der Waals surface area contributed by atoms with Gasteiger partial charge in [-0.15, -0.1) is 0 Å². The van der Waals surface area contributed by atoms with Crippen LogP contribution in [0.3, 0.4) is 0 Å². The number of amides is 1. The zero-order valence-electron chi connectivity index (χ0n) is 29.1. The first kappa shape index (κ1) is 34.8. The third-order valence-electron chi connectivity index (χ3n) is 9.09. The number of carbonyl (C=O) groups is 1. The summed E-state index contributed by atoms with van der Waals surface area (Å²) in [6, 6.07) is 25.8. The molecule has 0 atom stereocenters. The Morgan fingerprint density at radius 3 is 1.78 bits per heavy atom. The number of hydrogen-bond acceptors (Lipinski definition) is 5. The second-order valence-electron chi connectivity index (χ2n) is 14.9. The van der Waals surface area contributed by atoms with Gasteiger partial charge >= 0.3 is 0 Å². The fourth-order valence-electron chi connectivity index (χ4n) is 4.12. The van der Waals surface area contributed by atoms with Gasteiger partial charge in [0.1, 0.15) is 17.2 Å². The first-order valence-corrected chi connectivity index (χ1v) is 21.7. The minimum Gasteiger partial charge on any atom is -0.544 e. The quantitative estimate of drug-likeness (QED) is 0.173. The predicted octanol–water partition coefficient (Wildman–Crippen LogP) is 10.3. The van der Waals surface area contributed by atoms with Crippen molar-refractivity contribution in [1.82, 2.24) is 9.97 Å². The maximum atomic E-state index is 13.2. The van der Waals surface area contributed by atoms with Crippen molar-refractivity contribution in [3.63, 3.8) is 0 Å². The number of benzene rings is 3. The standard InChI is InChI=1S/C38H49N3O3Si2/c1-37(2,3)45(7,8)43-31-21-16-29(17-22-31)26-35(42)41-36-33(25-18-28-14-12-11-13-15-28)40-34(27-39-36)30-19-23-32(24-20-30)44-46(9,10)38(4,5)6/h11-25,27H,26H2,1-10H3,(H,39,41,42)/b25-18+. The Labute approximate surface area is 277 Å². The van der Waals surface area contributed by atoms with Crippen LogP contribution in [-0.2, 0) is 11.2 Å². The maximum Gasteiger partial charge on any atom is 0.250 e. The van der Waals surface area contributed by atoms with Crippen molar-refractivity contribution >= 4 is 40.5 Å². The number of nitrogens with one attached hydrogen (secondary N) is 1. The van der Waals surface area contributed by atoms with E-state index >= 15 is 0 Å². The van der Waals surface area contributed by atoms with Crippen LogP contribution in [0, 0.1) is 0 Å². The molecule has 0 aliphatic rings. The van der Waals surface area contributed by atoms with Gasteiger partial charge in [0, 0.05) is 5.56 Å². The van der Waals surface area contributed by atoms with Gasteiger partial charge in [-0.2, -0.15) is 0 Å². The molecule has 1 aromatic heterocycles. The summed E-state index contributed by atoms with van der Waals surface area (Å²) in [6.45, 7) is 22.3. The summed E-state index contributed by atoms with van der Waals surface area (Å²) in [4.78, 5) is 22.8. The maximum absolute atomic E-state index is 13.2. The summed E-state index contributed by atoms with van der Waals surface area (Å²) in [5, 5.41) is 3.21. The molecule has 0 saturated carbocycles. The average molecular weight is 652 g/mol. The predicted molar refractivity (Wildman–Crippen MR) is 197 cm³/mol. The average Bonchev–Trinajstić information content (AvgIpc) is 2.97. The van der Waals surface area contributed by atoms with E-state index in [1.54, 1.807) is 6.20 Å². The Bertz CT molecular complexity index is 1650. The zero-order chi connectivity index (χ0) is 33.8. The van der Waals surface area contributed by atoms with Crippen molar-refractivity contribution < 1.29 is 13.6 Å². The minimum absolute atomic E-state index is 0.108. The van der Waals surface area contributed by atoms with Gasteiger partial charge in [0.15, 0.2) is 5.82 Å². The Kier molecular flexibility index (Phi) is 10.4. The fourth-order valence-corrected chi connectivity index (χ4v) is 6.18. The molecule has 4 aromatic rings. The summed E-state index contributed by atoms with van der Waals surface area (Å²) in [7, 11) is -3.89. The second kappa shape index (κ2) is 13.8. The Hall–Kier alpha value is -4.02. The van der Waals surface area contributed by atoms with Crippen molar-refractivity contribution in [1.29, 1.82) is 0 Å². The van der Waals surface area contributed by atoms with E-state index in [-0.39, 0.29) is 22.4 Å². The van der Waals surface area contributed by atoms with Crippen LogP contribution in [0.4, 0.5) is 5.82 Å². The molecule has 6 nitrogen and oxygen atoms in total. The Morgan fingerprint density at radius 1 is 0.739 bits per heavy atom. The molecule has 1 amide bonds.